The minimum Gasteiger partial charge on any atom is -0.490 e. The van der Waals surface area contributed by atoms with Gasteiger partial charge >= 0.3 is 0 Å². The molecule has 0 bridgehead atoms. The maximum Gasteiger partial charge on any atom is 0.266 e. The second-order valence-electron chi connectivity index (χ2n) is 7.41. The molecule has 2 N–H and O–H groups in total. The molecule has 1 aliphatic rings. The summed E-state index contributed by atoms with van der Waals surface area (Å²) in [6.07, 6.45) is 1.94. The average molecular weight is 535 g/mol. The number of nitrogens with one attached hydrogen (secondary N) is 2. The molecule has 2 atom stereocenters. The molecule has 0 radical (unpaired) electrons. The number of sulfonamides is 1. The molecule has 0 unspecified atom stereocenters. The van der Waals surface area contributed by atoms with Crippen LogP contribution in [0.5, 0.6) is 5.75 Å². The van der Waals surface area contributed by atoms with Crippen molar-refractivity contribution in [2.75, 3.05) is 24.4 Å². The number of hydrogen-bond donors (Lipinski definition) is 2. The summed E-state index contributed by atoms with van der Waals surface area (Å²) < 4.78 is 65.3. The first-order valence-corrected chi connectivity index (χ1v) is 12.8. The van der Waals surface area contributed by atoms with E-state index in [0.29, 0.717) is 22.7 Å². The summed E-state index contributed by atoms with van der Waals surface area (Å²) in [4.78, 5) is 2.82. The van der Waals surface area contributed by atoms with Gasteiger partial charge in [-0.15, -0.1) is 0 Å². The van der Waals surface area contributed by atoms with E-state index in [-0.39, 0.29) is 29.3 Å². The van der Waals surface area contributed by atoms with E-state index in [1.807, 2.05) is 6.07 Å². The molecule has 7 nitrogen and oxygen atoms in total. The smallest absolute Gasteiger partial charge is 0.266 e. The lowest BCUT2D eigenvalue weighted by molar-refractivity contribution is 0.190. The SMILES string of the molecule is O=S(=O)(Nc1ncns1)c1cc(F)c(OC[C@H]2CNCC[C@@H]2c2ccc(Cl)c(Cl)c2)cc1F. The number of nitrogens with zero attached hydrogens (tertiary/aromatic N) is 2. The molecule has 1 aliphatic heterocycles. The summed E-state index contributed by atoms with van der Waals surface area (Å²) in [5, 5.41) is 4.10. The van der Waals surface area contributed by atoms with Crippen LogP contribution in [-0.2, 0) is 10.0 Å². The minimum atomic E-state index is -4.39. The Balaban J connectivity index is 1.50. The predicted octanol–water partition coefficient (Wildman–Crippen LogP) is 4.70. The van der Waals surface area contributed by atoms with Gasteiger partial charge in [-0.1, -0.05) is 29.3 Å². The first kappa shape index (κ1) is 24.1. The number of hydrogen-bond acceptors (Lipinski definition) is 7. The lowest BCUT2D eigenvalue weighted by atomic mass is 9.81. The standard InChI is InChI=1S/C20H18Cl2F2N4O3S2/c21-14-2-1-11(5-15(14)22)13-3-4-25-8-12(13)9-31-18-6-17(24)19(7-16(18)23)33(29,30)28-20-26-10-27-32-20/h1-2,5-7,10,12-13,25H,3-4,8-9H2,(H,26,27,28)/t12-,13-/m1/s1. The van der Waals surface area contributed by atoms with E-state index in [9.17, 15) is 17.2 Å². The van der Waals surface area contributed by atoms with Gasteiger partial charge in [0, 0.05) is 36.1 Å². The second kappa shape index (κ2) is 10.1. The molecular weight excluding hydrogens is 517 g/mol. The van der Waals surface area contributed by atoms with Crippen molar-refractivity contribution in [3.63, 3.8) is 0 Å². The van der Waals surface area contributed by atoms with Gasteiger partial charge in [0.25, 0.3) is 10.0 Å². The van der Waals surface area contributed by atoms with Crippen LogP contribution in [0.4, 0.5) is 13.9 Å². The van der Waals surface area contributed by atoms with Crippen molar-refractivity contribution < 1.29 is 21.9 Å². The fourth-order valence-electron chi connectivity index (χ4n) is 3.69. The molecule has 1 fully saturated rings. The highest BCUT2D eigenvalue weighted by atomic mass is 35.5. The summed E-state index contributed by atoms with van der Waals surface area (Å²) in [5.41, 5.74) is 0.982. The van der Waals surface area contributed by atoms with Gasteiger partial charge in [-0.25, -0.2) is 22.2 Å². The molecule has 4 rings (SSSR count). The number of aromatic nitrogens is 2. The molecule has 176 valence electrons. The Hall–Kier alpha value is -2.05. The summed E-state index contributed by atoms with van der Waals surface area (Å²) in [7, 11) is -4.39. The zero-order valence-corrected chi connectivity index (χ0v) is 20.0. The Morgan fingerprint density at radius 1 is 1.18 bits per heavy atom. The van der Waals surface area contributed by atoms with Crippen molar-refractivity contribution in [2.45, 2.75) is 17.2 Å². The van der Waals surface area contributed by atoms with Gasteiger partial charge in [0.1, 0.15) is 17.0 Å². The zero-order valence-electron chi connectivity index (χ0n) is 16.9. The van der Waals surface area contributed by atoms with Crippen LogP contribution < -0.4 is 14.8 Å². The van der Waals surface area contributed by atoms with Crippen molar-refractivity contribution in [3.8, 4) is 5.75 Å². The highest BCUT2D eigenvalue weighted by Crippen LogP contribution is 2.35. The second-order valence-corrected chi connectivity index (χ2v) is 10.7. The van der Waals surface area contributed by atoms with E-state index in [0.717, 1.165) is 42.5 Å². The molecule has 1 aromatic heterocycles. The number of benzene rings is 2. The van der Waals surface area contributed by atoms with Gasteiger partial charge in [-0.05, 0) is 36.6 Å². The Morgan fingerprint density at radius 3 is 2.73 bits per heavy atom. The van der Waals surface area contributed by atoms with Crippen LogP contribution >= 0.6 is 34.7 Å². The van der Waals surface area contributed by atoms with Crippen LogP contribution in [0.25, 0.3) is 0 Å². The van der Waals surface area contributed by atoms with E-state index < -0.39 is 26.6 Å². The molecule has 0 spiro atoms. The summed E-state index contributed by atoms with van der Waals surface area (Å²) in [6.45, 7) is 1.48. The molecule has 2 heterocycles. The third-order valence-electron chi connectivity index (χ3n) is 5.29. The number of halogens is 4. The molecule has 0 amide bonds. The molecular formula is C20H18Cl2F2N4O3S2. The van der Waals surface area contributed by atoms with E-state index in [1.54, 1.807) is 12.1 Å². The largest absolute Gasteiger partial charge is 0.490 e. The Morgan fingerprint density at radius 2 is 2.00 bits per heavy atom. The third kappa shape index (κ3) is 5.55. The molecule has 3 aromatic rings. The predicted molar refractivity (Wildman–Crippen MR) is 123 cm³/mol. The molecule has 0 aliphatic carbocycles. The lowest BCUT2D eigenvalue weighted by Crippen LogP contribution is -2.38. The first-order valence-electron chi connectivity index (χ1n) is 9.81. The van der Waals surface area contributed by atoms with Crippen LogP contribution in [0, 0.1) is 17.6 Å². The van der Waals surface area contributed by atoms with Crippen molar-refractivity contribution in [2.24, 2.45) is 5.92 Å². The highest BCUT2D eigenvalue weighted by Gasteiger charge is 2.29. The van der Waals surface area contributed by atoms with Gasteiger partial charge in [-0.2, -0.15) is 4.37 Å². The maximum atomic E-state index is 14.7. The molecule has 2 aromatic carbocycles. The fourth-order valence-corrected chi connectivity index (χ4v) is 5.73. The number of ether oxygens (including phenoxy) is 1. The summed E-state index contributed by atoms with van der Waals surface area (Å²) in [6, 6.07) is 6.74. The Kier molecular flexibility index (Phi) is 7.34. The van der Waals surface area contributed by atoms with Crippen molar-refractivity contribution in [1.29, 1.82) is 0 Å². The minimum absolute atomic E-state index is 0.0547. The van der Waals surface area contributed by atoms with Crippen molar-refractivity contribution >= 4 is 49.9 Å². The van der Waals surface area contributed by atoms with Crippen LogP contribution in [-0.4, -0.2) is 37.5 Å². The third-order valence-corrected chi connectivity index (χ3v) is 8.09. The van der Waals surface area contributed by atoms with Crippen molar-refractivity contribution in [1.82, 2.24) is 14.7 Å². The number of rotatable bonds is 7. The van der Waals surface area contributed by atoms with E-state index >= 15 is 0 Å². The monoisotopic (exact) mass is 534 g/mol. The van der Waals surface area contributed by atoms with Crippen LogP contribution in [0.15, 0.2) is 41.6 Å². The quantitative estimate of drug-likeness (QED) is 0.456. The topological polar surface area (TPSA) is 93.2 Å². The van der Waals surface area contributed by atoms with Gasteiger partial charge in [-0.3, -0.25) is 4.72 Å². The van der Waals surface area contributed by atoms with Gasteiger partial charge in [0.05, 0.1) is 16.7 Å². The lowest BCUT2D eigenvalue weighted by Gasteiger charge is -2.32. The molecule has 1 saturated heterocycles. The van der Waals surface area contributed by atoms with E-state index in [2.05, 4.69) is 19.4 Å². The first-order chi connectivity index (χ1) is 15.7. The van der Waals surface area contributed by atoms with Crippen LogP contribution in [0.2, 0.25) is 10.0 Å². The normalized spacial score (nSPS) is 18.8. The fraction of sp³-hybridized carbons (Fsp3) is 0.300. The number of anilines is 1. The molecule has 33 heavy (non-hydrogen) atoms. The number of piperidine rings is 1. The van der Waals surface area contributed by atoms with Gasteiger partial charge in [0.15, 0.2) is 11.6 Å². The van der Waals surface area contributed by atoms with Crippen LogP contribution in [0.1, 0.15) is 17.9 Å². The van der Waals surface area contributed by atoms with E-state index in [4.69, 9.17) is 27.9 Å². The summed E-state index contributed by atoms with van der Waals surface area (Å²) in [5.74, 6) is -2.50. The Labute approximate surface area is 203 Å². The highest BCUT2D eigenvalue weighted by molar-refractivity contribution is 7.93. The van der Waals surface area contributed by atoms with E-state index in [1.165, 1.54) is 0 Å². The van der Waals surface area contributed by atoms with Crippen molar-refractivity contribution in [3.05, 3.63) is 63.9 Å². The average Bonchev–Trinajstić information content (AvgIpc) is 3.28. The zero-order chi connectivity index (χ0) is 23.6. The van der Waals surface area contributed by atoms with Gasteiger partial charge in [0.2, 0.25) is 5.13 Å². The van der Waals surface area contributed by atoms with Crippen LogP contribution in [0.3, 0.4) is 0 Å². The van der Waals surface area contributed by atoms with Gasteiger partial charge < -0.3 is 10.1 Å². The maximum absolute atomic E-state index is 14.7. The molecule has 13 heteroatoms. The Bertz CT molecular complexity index is 1250. The molecule has 0 saturated carbocycles. The summed E-state index contributed by atoms with van der Waals surface area (Å²) >= 11 is 12.9.